The van der Waals surface area contributed by atoms with E-state index in [2.05, 4.69) is 47.1 Å². The van der Waals surface area contributed by atoms with Gasteiger partial charge in [0.15, 0.2) is 0 Å². The van der Waals surface area contributed by atoms with Crippen molar-refractivity contribution in [2.45, 2.75) is 32.3 Å². The van der Waals surface area contributed by atoms with E-state index in [1.54, 1.807) is 12.1 Å². The van der Waals surface area contributed by atoms with Gasteiger partial charge in [-0.15, -0.1) is 0 Å². The van der Waals surface area contributed by atoms with Crippen LogP contribution in [0.4, 0.5) is 4.39 Å². The highest BCUT2D eigenvalue weighted by atomic mass is 79.9. The van der Waals surface area contributed by atoms with E-state index in [-0.39, 0.29) is 5.82 Å². The van der Waals surface area contributed by atoms with Gasteiger partial charge in [0.25, 0.3) is 0 Å². The molecule has 0 aliphatic heterocycles. The maximum Gasteiger partial charge on any atom is 0.127 e. The predicted octanol–water partition coefficient (Wildman–Crippen LogP) is 4.43. The molecular formula is C17H18BrFO. The summed E-state index contributed by atoms with van der Waals surface area (Å²) < 4.78 is 14.4. The van der Waals surface area contributed by atoms with Gasteiger partial charge in [-0.05, 0) is 43.0 Å². The lowest BCUT2D eigenvalue weighted by atomic mass is 10.0. The van der Waals surface area contributed by atoms with Gasteiger partial charge in [-0.1, -0.05) is 51.8 Å². The first-order chi connectivity index (χ1) is 9.54. The summed E-state index contributed by atoms with van der Waals surface area (Å²) in [5, 5.41) is 10.0. The second-order valence-electron chi connectivity index (χ2n) is 5.12. The maximum absolute atomic E-state index is 13.7. The Bertz CT molecular complexity index is 566. The zero-order valence-corrected chi connectivity index (χ0v) is 13.0. The van der Waals surface area contributed by atoms with Crippen molar-refractivity contribution in [1.29, 1.82) is 0 Å². The molecule has 1 atom stereocenters. The fraction of sp³-hybridized carbons (Fsp3) is 0.294. The molecule has 0 aromatic heterocycles. The van der Waals surface area contributed by atoms with E-state index in [1.165, 1.54) is 17.2 Å². The molecule has 2 aromatic carbocycles. The van der Waals surface area contributed by atoms with Gasteiger partial charge in [0.1, 0.15) is 5.82 Å². The van der Waals surface area contributed by atoms with Crippen LogP contribution in [0.3, 0.4) is 0 Å². The zero-order valence-electron chi connectivity index (χ0n) is 11.4. The summed E-state index contributed by atoms with van der Waals surface area (Å²) in [5.74, 6) is -0.270. The van der Waals surface area contributed by atoms with Crippen molar-refractivity contribution in [2.24, 2.45) is 0 Å². The highest BCUT2D eigenvalue weighted by Gasteiger charge is 2.10. The summed E-state index contributed by atoms with van der Waals surface area (Å²) in [4.78, 5) is 0. The fourth-order valence-electron chi connectivity index (χ4n) is 2.13. The Kier molecular flexibility index (Phi) is 5.32. The molecule has 0 spiro atoms. The molecule has 0 heterocycles. The number of rotatable bonds is 5. The number of halogens is 2. The minimum atomic E-state index is -0.521. The molecule has 20 heavy (non-hydrogen) atoms. The molecule has 0 saturated carbocycles. The van der Waals surface area contributed by atoms with Crippen LogP contribution >= 0.6 is 15.9 Å². The van der Waals surface area contributed by atoms with Gasteiger partial charge in [-0.3, -0.25) is 0 Å². The topological polar surface area (TPSA) is 20.2 Å². The molecule has 2 rings (SSSR count). The molecule has 106 valence electrons. The predicted molar refractivity (Wildman–Crippen MR) is 83.3 cm³/mol. The van der Waals surface area contributed by atoms with E-state index < -0.39 is 6.10 Å². The molecular weight excluding hydrogens is 319 g/mol. The summed E-state index contributed by atoms with van der Waals surface area (Å²) in [6.45, 7) is 2.05. The molecule has 0 saturated heterocycles. The standard InChI is InChI=1S/C17H18BrFO/c1-12-2-4-13(5-3-12)6-9-16(20)10-14-7-8-15(18)11-17(14)19/h2-5,7-8,11,16,20H,6,9-10H2,1H3. The van der Waals surface area contributed by atoms with Crippen LogP contribution in [0.15, 0.2) is 46.9 Å². The van der Waals surface area contributed by atoms with Gasteiger partial charge < -0.3 is 5.11 Å². The van der Waals surface area contributed by atoms with E-state index in [0.717, 1.165) is 6.42 Å². The van der Waals surface area contributed by atoms with Crippen molar-refractivity contribution in [1.82, 2.24) is 0 Å². The van der Waals surface area contributed by atoms with Gasteiger partial charge in [0, 0.05) is 10.9 Å². The Labute approximate surface area is 127 Å². The number of hydrogen-bond donors (Lipinski definition) is 1. The summed E-state index contributed by atoms with van der Waals surface area (Å²) in [6.07, 6.45) is 1.27. The van der Waals surface area contributed by atoms with E-state index >= 15 is 0 Å². The maximum atomic E-state index is 13.7. The fourth-order valence-corrected chi connectivity index (χ4v) is 2.46. The van der Waals surface area contributed by atoms with Crippen molar-refractivity contribution in [3.8, 4) is 0 Å². The lowest BCUT2D eigenvalue weighted by Gasteiger charge is -2.11. The smallest absolute Gasteiger partial charge is 0.127 e. The van der Waals surface area contributed by atoms with Crippen LogP contribution in [-0.2, 0) is 12.8 Å². The average Bonchev–Trinajstić information content (AvgIpc) is 2.41. The highest BCUT2D eigenvalue weighted by molar-refractivity contribution is 9.10. The molecule has 0 amide bonds. The first-order valence-electron chi connectivity index (χ1n) is 6.72. The van der Waals surface area contributed by atoms with Gasteiger partial charge in [-0.25, -0.2) is 4.39 Å². The van der Waals surface area contributed by atoms with Gasteiger partial charge >= 0.3 is 0 Å². The Morgan fingerprint density at radius 3 is 2.50 bits per heavy atom. The normalized spacial score (nSPS) is 12.4. The Hall–Kier alpha value is -1.19. The number of aryl methyl sites for hydroxylation is 2. The molecule has 0 bridgehead atoms. The molecule has 0 radical (unpaired) electrons. The minimum absolute atomic E-state index is 0.270. The molecule has 2 aromatic rings. The molecule has 3 heteroatoms. The third-order valence-electron chi connectivity index (χ3n) is 3.36. The van der Waals surface area contributed by atoms with Crippen molar-refractivity contribution in [2.75, 3.05) is 0 Å². The van der Waals surface area contributed by atoms with Gasteiger partial charge in [-0.2, -0.15) is 0 Å². The number of benzene rings is 2. The number of aliphatic hydroxyl groups is 1. The minimum Gasteiger partial charge on any atom is -0.393 e. The van der Waals surface area contributed by atoms with Crippen LogP contribution in [0.1, 0.15) is 23.1 Å². The molecule has 1 unspecified atom stereocenters. The third-order valence-corrected chi connectivity index (χ3v) is 3.85. The lowest BCUT2D eigenvalue weighted by Crippen LogP contribution is -2.12. The average molecular weight is 337 g/mol. The highest BCUT2D eigenvalue weighted by Crippen LogP contribution is 2.18. The molecule has 0 aliphatic carbocycles. The first kappa shape index (κ1) is 15.2. The van der Waals surface area contributed by atoms with Crippen LogP contribution in [0.5, 0.6) is 0 Å². The summed E-state index contributed by atoms with van der Waals surface area (Å²) in [6, 6.07) is 13.2. The van der Waals surface area contributed by atoms with Gasteiger partial charge in [0.2, 0.25) is 0 Å². The SMILES string of the molecule is Cc1ccc(CCC(O)Cc2ccc(Br)cc2F)cc1. The number of aliphatic hydroxyl groups excluding tert-OH is 1. The molecule has 1 N–H and O–H groups in total. The summed E-state index contributed by atoms with van der Waals surface area (Å²) >= 11 is 3.23. The monoisotopic (exact) mass is 336 g/mol. The Morgan fingerprint density at radius 2 is 1.85 bits per heavy atom. The molecule has 0 fully saturated rings. The van der Waals surface area contributed by atoms with E-state index in [0.29, 0.717) is 22.9 Å². The summed E-state index contributed by atoms with van der Waals surface area (Å²) in [7, 11) is 0. The lowest BCUT2D eigenvalue weighted by molar-refractivity contribution is 0.164. The van der Waals surface area contributed by atoms with Crippen molar-refractivity contribution in [3.05, 3.63) is 69.4 Å². The van der Waals surface area contributed by atoms with Crippen molar-refractivity contribution < 1.29 is 9.50 Å². The van der Waals surface area contributed by atoms with Crippen LogP contribution < -0.4 is 0 Å². The molecule has 0 aliphatic rings. The quantitative estimate of drug-likeness (QED) is 0.856. The number of hydrogen-bond acceptors (Lipinski definition) is 1. The van der Waals surface area contributed by atoms with E-state index in [4.69, 9.17) is 0 Å². The molecule has 1 nitrogen and oxygen atoms in total. The summed E-state index contributed by atoms with van der Waals surface area (Å²) in [5.41, 5.74) is 2.99. The van der Waals surface area contributed by atoms with Crippen LogP contribution in [0.25, 0.3) is 0 Å². The third kappa shape index (κ3) is 4.43. The van der Waals surface area contributed by atoms with Crippen LogP contribution in [0.2, 0.25) is 0 Å². The second kappa shape index (κ2) is 7.00. The van der Waals surface area contributed by atoms with Crippen molar-refractivity contribution >= 4 is 15.9 Å². The van der Waals surface area contributed by atoms with Gasteiger partial charge in [0.05, 0.1) is 6.10 Å². The largest absolute Gasteiger partial charge is 0.393 e. The Balaban J connectivity index is 1.89. The van der Waals surface area contributed by atoms with E-state index in [1.807, 2.05) is 0 Å². The first-order valence-corrected chi connectivity index (χ1v) is 7.51. The van der Waals surface area contributed by atoms with Crippen LogP contribution in [0, 0.1) is 12.7 Å². The van der Waals surface area contributed by atoms with Crippen LogP contribution in [-0.4, -0.2) is 11.2 Å². The second-order valence-corrected chi connectivity index (χ2v) is 6.03. The Morgan fingerprint density at radius 1 is 1.15 bits per heavy atom. The van der Waals surface area contributed by atoms with E-state index in [9.17, 15) is 9.50 Å². The zero-order chi connectivity index (χ0) is 14.5. The van der Waals surface area contributed by atoms with Crippen molar-refractivity contribution in [3.63, 3.8) is 0 Å².